The van der Waals surface area contributed by atoms with Gasteiger partial charge in [-0.15, -0.1) is 0 Å². The maximum atomic E-state index is 9.07. The van der Waals surface area contributed by atoms with E-state index in [9.17, 15) is 0 Å². The van der Waals surface area contributed by atoms with Crippen molar-refractivity contribution in [2.75, 3.05) is 20.3 Å². The third-order valence-electron chi connectivity index (χ3n) is 10.8. The van der Waals surface area contributed by atoms with E-state index >= 15 is 0 Å². The number of hydrogen-bond acceptors (Lipinski definition) is 3. The minimum Gasteiger partial charge on any atom is -0.385 e. The van der Waals surface area contributed by atoms with Crippen molar-refractivity contribution in [3.05, 3.63) is 42.0 Å². The van der Waals surface area contributed by atoms with E-state index < -0.39 is 0 Å². The molecule has 4 aliphatic rings. The summed E-state index contributed by atoms with van der Waals surface area (Å²) in [6, 6.07) is 10.0. The lowest BCUT2D eigenvalue weighted by Gasteiger charge is -2.60. The van der Waals surface area contributed by atoms with Crippen molar-refractivity contribution in [1.29, 1.82) is 5.26 Å². The van der Waals surface area contributed by atoms with E-state index in [0.29, 0.717) is 11.0 Å². The van der Waals surface area contributed by atoms with Crippen molar-refractivity contribution in [2.24, 2.45) is 46.8 Å². The highest BCUT2D eigenvalue weighted by atomic mass is 16.5. The largest absolute Gasteiger partial charge is 0.385 e. The van der Waals surface area contributed by atoms with Crippen LogP contribution in [-0.4, -0.2) is 20.3 Å². The monoisotopic (exact) mass is 460 g/mol. The first-order valence-corrected chi connectivity index (χ1v) is 14.0. The minimum absolute atomic E-state index is 0.470. The Balaban J connectivity index is 1.23. The molecule has 4 saturated carbocycles. The van der Waals surface area contributed by atoms with Crippen LogP contribution < -0.4 is 5.32 Å². The highest BCUT2D eigenvalue weighted by Crippen LogP contribution is 2.63. The van der Waals surface area contributed by atoms with E-state index in [2.05, 4.69) is 24.9 Å². The number of nitrogens with zero attached hydrogens (tertiary/aromatic N) is 1. The lowest BCUT2D eigenvalue weighted by Crippen LogP contribution is -2.54. The summed E-state index contributed by atoms with van der Waals surface area (Å²) in [5.74, 6) is 6.36. The number of nitriles is 1. The molecular weight excluding hydrogens is 416 g/mol. The fourth-order valence-corrected chi connectivity index (χ4v) is 9.08. The zero-order chi connectivity index (χ0) is 23.7. The molecule has 0 spiro atoms. The van der Waals surface area contributed by atoms with Crippen molar-refractivity contribution in [3.63, 3.8) is 0 Å². The number of rotatable bonds is 6. The van der Waals surface area contributed by atoms with Crippen LogP contribution in [0.1, 0.15) is 82.3 Å². The number of nitrogens with one attached hydrogen (secondary N) is 1. The quantitative estimate of drug-likeness (QED) is 0.495. The number of benzene rings is 1. The molecule has 34 heavy (non-hydrogen) atoms. The average molecular weight is 461 g/mol. The molecule has 4 aliphatic carbocycles. The van der Waals surface area contributed by atoms with Crippen LogP contribution >= 0.6 is 0 Å². The molecule has 0 saturated heterocycles. The average Bonchev–Trinajstić information content (AvgIpc) is 2.87. The Morgan fingerprint density at radius 1 is 1.06 bits per heavy atom. The van der Waals surface area contributed by atoms with Gasteiger partial charge in [-0.05, 0) is 122 Å². The molecule has 8 unspecified atom stereocenters. The molecule has 5 rings (SSSR count). The van der Waals surface area contributed by atoms with E-state index in [1.54, 1.807) is 0 Å². The molecule has 3 heteroatoms. The van der Waals surface area contributed by atoms with Crippen LogP contribution in [0.15, 0.2) is 30.8 Å². The van der Waals surface area contributed by atoms with Gasteiger partial charge in [-0.2, -0.15) is 5.26 Å². The molecule has 0 bridgehead atoms. The van der Waals surface area contributed by atoms with Crippen LogP contribution in [0.2, 0.25) is 0 Å². The van der Waals surface area contributed by atoms with Gasteiger partial charge in [0.05, 0.1) is 11.6 Å². The van der Waals surface area contributed by atoms with Crippen LogP contribution in [-0.2, 0) is 4.74 Å². The van der Waals surface area contributed by atoms with Gasteiger partial charge in [0, 0.05) is 26.0 Å². The Hall–Kier alpha value is -1.79. The summed E-state index contributed by atoms with van der Waals surface area (Å²) >= 11 is 0. The highest BCUT2D eigenvalue weighted by Gasteiger charge is 2.55. The summed E-state index contributed by atoms with van der Waals surface area (Å²) in [7, 11) is 1.87. The Morgan fingerprint density at radius 2 is 1.85 bits per heavy atom. The Bertz CT molecular complexity index is 901. The molecule has 0 heterocycles. The van der Waals surface area contributed by atoms with Crippen molar-refractivity contribution in [2.45, 2.75) is 71.1 Å². The summed E-state index contributed by atoms with van der Waals surface area (Å²) in [4.78, 5) is 0. The highest BCUT2D eigenvalue weighted by molar-refractivity contribution is 5.62. The van der Waals surface area contributed by atoms with Crippen molar-refractivity contribution < 1.29 is 4.74 Å². The van der Waals surface area contributed by atoms with Crippen LogP contribution in [0, 0.1) is 58.2 Å². The summed E-state index contributed by atoms with van der Waals surface area (Å²) in [6.07, 6.45) is 14.3. The Kier molecular flexibility index (Phi) is 7.08. The van der Waals surface area contributed by atoms with Crippen LogP contribution in [0.3, 0.4) is 0 Å². The molecule has 4 fully saturated rings. The number of methoxy groups -OCH3 is 1. The van der Waals surface area contributed by atoms with Gasteiger partial charge in [0.15, 0.2) is 0 Å². The van der Waals surface area contributed by atoms with Gasteiger partial charge >= 0.3 is 0 Å². The first kappa shape index (κ1) is 23.9. The first-order valence-electron chi connectivity index (χ1n) is 14.0. The van der Waals surface area contributed by atoms with Gasteiger partial charge in [-0.3, -0.25) is 0 Å². The predicted molar refractivity (Wildman–Crippen MR) is 139 cm³/mol. The van der Waals surface area contributed by atoms with Crippen LogP contribution in [0.4, 0.5) is 0 Å². The van der Waals surface area contributed by atoms with Crippen LogP contribution in [0.5, 0.6) is 0 Å². The second kappa shape index (κ2) is 10.1. The third-order valence-corrected chi connectivity index (χ3v) is 10.8. The van der Waals surface area contributed by atoms with Gasteiger partial charge in [-0.1, -0.05) is 32.1 Å². The maximum Gasteiger partial charge on any atom is 0.0991 e. The topological polar surface area (TPSA) is 45.0 Å². The lowest BCUT2D eigenvalue weighted by molar-refractivity contribution is -0.110. The molecule has 3 nitrogen and oxygen atoms in total. The second-order valence-electron chi connectivity index (χ2n) is 12.3. The zero-order valence-corrected chi connectivity index (χ0v) is 21.4. The minimum atomic E-state index is 0.470. The molecule has 1 aromatic rings. The molecule has 0 aromatic heterocycles. The van der Waals surface area contributed by atoms with Gasteiger partial charge in [-0.25, -0.2) is 0 Å². The SMILES string of the molecule is C=C(NCC1CCCC2C3CCC4CC(COC)CCC4C3CCC12C)c1ccc(C#N)cc1. The molecule has 0 amide bonds. The third kappa shape index (κ3) is 4.44. The second-order valence-corrected chi connectivity index (χ2v) is 12.3. The molecule has 184 valence electrons. The lowest BCUT2D eigenvalue weighted by atomic mass is 9.45. The van der Waals surface area contributed by atoms with Gasteiger partial charge < -0.3 is 10.1 Å². The fraction of sp³-hybridized carbons (Fsp3) is 0.710. The van der Waals surface area contributed by atoms with Crippen molar-refractivity contribution in [3.8, 4) is 6.07 Å². The number of fused-ring (bicyclic) bond motifs is 5. The molecule has 8 atom stereocenters. The molecule has 1 N–H and O–H groups in total. The van der Waals surface area contributed by atoms with Crippen molar-refractivity contribution in [1.82, 2.24) is 5.32 Å². The summed E-state index contributed by atoms with van der Waals surface area (Å²) in [5.41, 5.74) is 3.27. The van der Waals surface area contributed by atoms with Gasteiger partial charge in [0.1, 0.15) is 0 Å². The maximum absolute atomic E-state index is 9.07. The van der Waals surface area contributed by atoms with E-state index in [1.807, 2.05) is 31.4 Å². The molecule has 0 aliphatic heterocycles. The molecule has 0 radical (unpaired) electrons. The van der Waals surface area contributed by atoms with Crippen molar-refractivity contribution >= 4 is 5.70 Å². The Labute approximate surface area is 207 Å². The first-order chi connectivity index (χ1) is 16.5. The fourth-order valence-electron chi connectivity index (χ4n) is 9.08. The summed E-state index contributed by atoms with van der Waals surface area (Å²) < 4.78 is 5.52. The standard InChI is InChI=1S/C31H44N2O/c1-21(24-10-7-22(18-32)8-11-24)33-19-26-5-4-6-30-29-14-12-25-17-23(20-34-3)9-13-27(25)28(29)15-16-31(26,30)2/h7-8,10-11,23,25-30,33H,1,4-6,9,12-17,19-20H2,2-3H3. The molecular formula is C31H44N2O. The molecule has 1 aromatic carbocycles. The van der Waals surface area contributed by atoms with Gasteiger partial charge in [0.2, 0.25) is 0 Å². The van der Waals surface area contributed by atoms with E-state index in [1.165, 1.54) is 64.2 Å². The Morgan fingerprint density at radius 3 is 2.62 bits per heavy atom. The number of ether oxygens (including phenoxy) is 1. The van der Waals surface area contributed by atoms with E-state index in [0.717, 1.165) is 65.8 Å². The predicted octanol–water partition coefficient (Wildman–Crippen LogP) is 7.04. The van der Waals surface area contributed by atoms with E-state index in [-0.39, 0.29) is 0 Å². The van der Waals surface area contributed by atoms with Gasteiger partial charge in [0.25, 0.3) is 0 Å². The van der Waals surface area contributed by atoms with E-state index in [4.69, 9.17) is 10.00 Å². The number of hydrogen-bond donors (Lipinski definition) is 1. The summed E-state index contributed by atoms with van der Waals surface area (Å²) in [5, 5.41) is 12.8. The van der Waals surface area contributed by atoms with Crippen LogP contribution in [0.25, 0.3) is 5.70 Å². The normalized spacial score (nSPS) is 39.1. The zero-order valence-electron chi connectivity index (χ0n) is 21.4. The summed E-state index contributed by atoms with van der Waals surface area (Å²) in [6.45, 7) is 8.97. The smallest absolute Gasteiger partial charge is 0.0991 e.